The van der Waals surface area contributed by atoms with Crippen LogP contribution in [-0.4, -0.2) is 47.2 Å². The average molecular weight is 344 g/mol. The molecule has 0 aliphatic rings. The Morgan fingerprint density at radius 1 is 1.41 bits per heavy atom. The molecule has 2 N–H and O–H groups in total. The molecule has 2 aromatic rings. The zero-order chi connectivity index (χ0) is 16.1. The molecule has 22 heavy (non-hydrogen) atoms. The number of carbonyl (C=O) groups is 1. The minimum absolute atomic E-state index is 0.0896. The van der Waals surface area contributed by atoms with Gasteiger partial charge in [-0.3, -0.25) is 4.79 Å². The number of aliphatic hydroxyl groups excluding tert-OH is 1. The van der Waals surface area contributed by atoms with Crippen LogP contribution in [0.5, 0.6) is 0 Å². The molecule has 0 spiro atoms. The number of halogens is 2. The summed E-state index contributed by atoms with van der Waals surface area (Å²) in [5, 5.41) is 17.1. The van der Waals surface area contributed by atoms with Crippen LogP contribution in [-0.2, 0) is 4.74 Å². The SMILES string of the molecule is COCC(O)CNC(=O)c1ccn(-c2ccc(Cl)c(Cl)c2)n1. The quantitative estimate of drug-likeness (QED) is 0.839. The fourth-order valence-corrected chi connectivity index (χ4v) is 2.06. The van der Waals surface area contributed by atoms with Crippen LogP contribution in [0, 0.1) is 0 Å². The molecule has 0 bridgehead atoms. The Labute approximate surface area is 137 Å². The van der Waals surface area contributed by atoms with Crippen molar-refractivity contribution < 1.29 is 14.6 Å². The van der Waals surface area contributed by atoms with Gasteiger partial charge in [-0.2, -0.15) is 5.10 Å². The molecule has 118 valence electrons. The first-order valence-electron chi connectivity index (χ1n) is 6.47. The first-order chi connectivity index (χ1) is 10.5. The summed E-state index contributed by atoms with van der Waals surface area (Å²) in [6.07, 6.45) is 0.881. The molecule has 0 saturated carbocycles. The van der Waals surface area contributed by atoms with Crippen LogP contribution in [0.25, 0.3) is 5.69 Å². The van der Waals surface area contributed by atoms with Gasteiger partial charge in [-0.05, 0) is 24.3 Å². The van der Waals surface area contributed by atoms with Crippen LogP contribution >= 0.6 is 23.2 Å². The van der Waals surface area contributed by atoms with Crippen molar-refractivity contribution in [3.8, 4) is 5.69 Å². The lowest BCUT2D eigenvalue weighted by Gasteiger charge is -2.09. The Bertz CT molecular complexity index is 661. The van der Waals surface area contributed by atoms with Gasteiger partial charge in [0.05, 0.1) is 28.4 Å². The number of ether oxygens (including phenoxy) is 1. The molecular weight excluding hydrogens is 329 g/mol. The van der Waals surface area contributed by atoms with E-state index in [4.69, 9.17) is 27.9 Å². The van der Waals surface area contributed by atoms with Crippen LogP contribution < -0.4 is 5.32 Å². The van der Waals surface area contributed by atoms with Crippen LogP contribution in [0.4, 0.5) is 0 Å². The van der Waals surface area contributed by atoms with E-state index in [1.165, 1.54) is 11.8 Å². The van der Waals surface area contributed by atoms with Crippen molar-refractivity contribution in [2.45, 2.75) is 6.10 Å². The second-order valence-corrected chi connectivity index (χ2v) is 5.38. The van der Waals surface area contributed by atoms with Gasteiger partial charge in [0.25, 0.3) is 5.91 Å². The monoisotopic (exact) mass is 343 g/mol. The molecule has 0 aliphatic heterocycles. The maximum absolute atomic E-state index is 11.9. The molecule has 1 heterocycles. The van der Waals surface area contributed by atoms with Crippen molar-refractivity contribution in [2.24, 2.45) is 0 Å². The minimum atomic E-state index is -0.758. The van der Waals surface area contributed by atoms with E-state index in [1.54, 1.807) is 30.5 Å². The third kappa shape index (κ3) is 4.20. The third-order valence-corrected chi connectivity index (χ3v) is 3.59. The number of aromatic nitrogens is 2. The van der Waals surface area contributed by atoms with E-state index in [2.05, 4.69) is 10.4 Å². The van der Waals surface area contributed by atoms with Crippen molar-refractivity contribution >= 4 is 29.1 Å². The Hall–Kier alpha value is -1.60. The van der Waals surface area contributed by atoms with Crippen molar-refractivity contribution in [1.29, 1.82) is 0 Å². The van der Waals surface area contributed by atoms with E-state index in [-0.39, 0.29) is 24.8 Å². The molecule has 1 aromatic carbocycles. The highest BCUT2D eigenvalue weighted by molar-refractivity contribution is 6.42. The van der Waals surface area contributed by atoms with Crippen molar-refractivity contribution in [2.75, 3.05) is 20.3 Å². The Kier molecular flexibility index (Phi) is 5.79. The molecule has 1 atom stereocenters. The number of amides is 1. The van der Waals surface area contributed by atoms with E-state index in [9.17, 15) is 9.90 Å². The maximum atomic E-state index is 11.9. The third-order valence-electron chi connectivity index (χ3n) is 2.85. The van der Waals surface area contributed by atoms with Crippen LogP contribution in [0.15, 0.2) is 30.5 Å². The van der Waals surface area contributed by atoms with Crippen molar-refractivity contribution in [3.63, 3.8) is 0 Å². The average Bonchev–Trinajstić information content (AvgIpc) is 2.98. The molecule has 0 saturated heterocycles. The number of nitrogens with zero attached hydrogens (tertiary/aromatic N) is 2. The lowest BCUT2D eigenvalue weighted by atomic mass is 10.3. The van der Waals surface area contributed by atoms with E-state index in [1.807, 2.05) is 0 Å². The number of nitrogens with one attached hydrogen (secondary N) is 1. The zero-order valence-electron chi connectivity index (χ0n) is 11.8. The highest BCUT2D eigenvalue weighted by atomic mass is 35.5. The van der Waals surface area contributed by atoms with Gasteiger partial charge in [-0.1, -0.05) is 23.2 Å². The van der Waals surface area contributed by atoms with E-state index >= 15 is 0 Å². The maximum Gasteiger partial charge on any atom is 0.271 e. The number of methoxy groups -OCH3 is 1. The van der Waals surface area contributed by atoms with E-state index < -0.39 is 6.10 Å². The summed E-state index contributed by atoms with van der Waals surface area (Å²) in [5.41, 5.74) is 0.920. The van der Waals surface area contributed by atoms with E-state index in [0.717, 1.165) is 0 Å². The summed E-state index contributed by atoms with van der Waals surface area (Å²) in [5.74, 6) is -0.381. The topological polar surface area (TPSA) is 76.4 Å². The number of carbonyl (C=O) groups excluding carboxylic acids is 1. The van der Waals surface area contributed by atoms with Gasteiger partial charge < -0.3 is 15.2 Å². The first kappa shape index (κ1) is 16.8. The Morgan fingerprint density at radius 2 is 2.18 bits per heavy atom. The van der Waals surface area contributed by atoms with Crippen molar-refractivity contribution in [1.82, 2.24) is 15.1 Å². The summed E-state index contributed by atoms with van der Waals surface area (Å²) in [4.78, 5) is 11.9. The molecule has 1 unspecified atom stereocenters. The highest BCUT2D eigenvalue weighted by Crippen LogP contribution is 2.24. The van der Waals surface area contributed by atoms with Gasteiger partial charge in [0.2, 0.25) is 0 Å². The molecule has 1 aromatic heterocycles. The fourth-order valence-electron chi connectivity index (χ4n) is 1.77. The number of benzene rings is 1. The molecule has 1 amide bonds. The van der Waals surface area contributed by atoms with Crippen LogP contribution in [0.1, 0.15) is 10.5 Å². The Morgan fingerprint density at radius 3 is 2.86 bits per heavy atom. The predicted octanol–water partition coefficient (Wildman–Crippen LogP) is 1.92. The Balaban J connectivity index is 2.04. The van der Waals surface area contributed by atoms with Gasteiger partial charge in [0, 0.05) is 19.9 Å². The van der Waals surface area contributed by atoms with E-state index in [0.29, 0.717) is 15.7 Å². The lowest BCUT2D eigenvalue weighted by molar-refractivity contribution is 0.0608. The number of aliphatic hydroxyl groups is 1. The summed E-state index contributed by atoms with van der Waals surface area (Å²) in [6, 6.07) is 6.62. The van der Waals surface area contributed by atoms with Gasteiger partial charge in [-0.15, -0.1) is 0 Å². The molecule has 8 heteroatoms. The number of hydrogen-bond acceptors (Lipinski definition) is 4. The molecule has 2 rings (SSSR count). The molecular formula is C14H15Cl2N3O3. The van der Waals surface area contributed by atoms with Crippen LogP contribution in [0.2, 0.25) is 10.0 Å². The number of hydrogen-bond donors (Lipinski definition) is 2. The zero-order valence-corrected chi connectivity index (χ0v) is 13.3. The first-order valence-corrected chi connectivity index (χ1v) is 7.23. The summed E-state index contributed by atoms with van der Waals surface area (Å²) >= 11 is 11.8. The summed E-state index contributed by atoms with van der Waals surface area (Å²) in [7, 11) is 1.48. The molecule has 6 nitrogen and oxygen atoms in total. The normalized spacial score (nSPS) is 12.2. The minimum Gasteiger partial charge on any atom is -0.389 e. The molecule has 0 aliphatic carbocycles. The summed E-state index contributed by atoms with van der Waals surface area (Å²) in [6.45, 7) is 0.240. The summed E-state index contributed by atoms with van der Waals surface area (Å²) < 4.78 is 6.30. The second kappa shape index (κ2) is 7.60. The molecule has 0 radical (unpaired) electrons. The molecule has 0 fully saturated rings. The number of rotatable bonds is 6. The standard InChI is InChI=1S/C14H15Cl2N3O3/c1-22-8-10(20)7-17-14(21)13-4-5-19(18-13)9-2-3-11(15)12(16)6-9/h2-6,10,20H,7-8H2,1H3,(H,17,21). The van der Waals surface area contributed by atoms with Gasteiger partial charge >= 0.3 is 0 Å². The fraction of sp³-hybridized carbons (Fsp3) is 0.286. The second-order valence-electron chi connectivity index (χ2n) is 4.56. The smallest absolute Gasteiger partial charge is 0.271 e. The predicted molar refractivity (Wildman–Crippen MR) is 83.8 cm³/mol. The van der Waals surface area contributed by atoms with Gasteiger partial charge in [-0.25, -0.2) is 4.68 Å². The highest BCUT2D eigenvalue weighted by Gasteiger charge is 2.12. The lowest BCUT2D eigenvalue weighted by Crippen LogP contribution is -2.34. The largest absolute Gasteiger partial charge is 0.389 e. The van der Waals surface area contributed by atoms with Gasteiger partial charge in [0.15, 0.2) is 5.69 Å². The van der Waals surface area contributed by atoms with Gasteiger partial charge in [0.1, 0.15) is 0 Å². The van der Waals surface area contributed by atoms with Crippen molar-refractivity contribution in [3.05, 3.63) is 46.2 Å². The van der Waals surface area contributed by atoms with Crippen LogP contribution in [0.3, 0.4) is 0 Å².